The predicted molar refractivity (Wildman–Crippen MR) is 98.5 cm³/mol. The Hall–Kier alpha value is -2.89. The molecule has 1 aromatic heterocycles. The van der Waals surface area contributed by atoms with E-state index >= 15 is 0 Å². The van der Waals surface area contributed by atoms with E-state index in [1.807, 2.05) is 58.0 Å². The molecule has 0 fully saturated rings. The number of benzene rings is 1. The topological polar surface area (TPSA) is 83.1 Å². The average Bonchev–Trinajstić information content (AvgIpc) is 2.54. The molecule has 0 radical (unpaired) electrons. The third kappa shape index (κ3) is 5.91. The van der Waals surface area contributed by atoms with Crippen molar-refractivity contribution >= 4 is 17.6 Å². The van der Waals surface area contributed by atoms with Crippen LogP contribution in [0, 0.1) is 0 Å². The second kappa shape index (κ2) is 7.79. The van der Waals surface area contributed by atoms with Gasteiger partial charge in [0.25, 0.3) is 5.91 Å². The first-order chi connectivity index (χ1) is 11.7. The number of hydrogen-bond acceptors (Lipinski definition) is 3. The maximum Gasteiger partial charge on any atom is 0.319 e. The second-order valence-corrected chi connectivity index (χ2v) is 6.86. The number of aromatic nitrogens is 1. The van der Waals surface area contributed by atoms with Crippen LogP contribution < -0.4 is 16.0 Å². The molecule has 3 amide bonds. The van der Waals surface area contributed by atoms with E-state index in [1.54, 1.807) is 12.1 Å². The van der Waals surface area contributed by atoms with Crippen LogP contribution in [0.4, 0.5) is 10.5 Å². The van der Waals surface area contributed by atoms with E-state index in [0.29, 0.717) is 5.69 Å². The quantitative estimate of drug-likeness (QED) is 0.796. The van der Waals surface area contributed by atoms with Crippen molar-refractivity contribution in [1.82, 2.24) is 15.6 Å². The Kier molecular flexibility index (Phi) is 5.75. The van der Waals surface area contributed by atoms with E-state index < -0.39 is 0 Å². The number of urea groups is 1. The van der Waals surface area contributed by atoms with Gasteiger partial charge in [-0.25, -0.2) is 4.79 Å². The maximum absolute atomic E-state index is 12.2. The summed E-state index contributed by atoms with van der Waals surface area (Å²) in [5.74, 6) is -0.283. The van der Waals surface area contributed by atoms with E-state index in [9.17, 15) is 9.59 Å². The van der Waals surface area contributed by atoms with Crippen LogP contribution >= 0.6 is 0 Å². The van der Waals surface area contributed by atoms with Crippen molar-refractivity contribution in [2.24, 2.45) is 0 Å². The fourth-order valence-electron chi connectivity index (χ4n) is 2.23. The highest BCUT2D eigenvalue weighted by atomic mass is 16.2. The average molecular weight is 340 g/mol. The van der Waals surface area contributed by atoms with Gasteiger partial charge in [-0.1, -0.05) is 30.3 Å². The summed E-state index contributed by atoms with van der Waals surface area (Å²) >= 11 is 0. The minimum atomic E-state index is -0.356. The molecule has 3 N–H and O–H groups in total. The van der Waals surface area contributed by atoms with Crippen LogP contribution in [0.25, 0.3) is 0 Å². The van der Waals surface area contributed by atoms with Crippen molar-refractivity contribution in [3.63, 3.8) is 0 Å². The molecule has 0 aliphatic carbocycles. The molecule has 0 bridgehead atoms. The van der Waals surface area contributed by atoms with Gasteiger partial charge in [-0.2, -0.15) is 0 Å². The number of hydrogen-bond donors (Lipinski definition) is 3. The van der Waals surface area contributed by atoms with Crippen LogP contribution in [0.15, 0.2) is 48.7 Å². The molecule has 0 aliphatic heterocycles. The highest BCUT2D eigenvalue weighted by Crippen LogP contribution is 2.13. The normalized spacial score (nSPS) is 12.2. The fraction of sp³-hybridized carbons (Fsp3) is 0.316. The number of carbonyl (C=O) groups excluding carboxylic acids is 2. The molecule has 0 saturated heterocycles. The van der Waals surface area contributed by atoms with Gasteiger partial charge in [-0.3, -0.25) is 9.78 Å². The van der Waals surface area contributed by atoms with Gasteiger partial charge < -0.3 is 16.0 Å². The molecule has 1 unspecified atom stereocenters. The third-order valence-electron chi connectivity index (χ3n) is 3.39. The number of pyridine rings is 1. The lowest BCUT2D eigenvalue weighted by molar-refractivity contribution is 0.0914. The van der Waals surface area contributed by atoms with E-state index in [4.69, 9.17) is 0 Å². The van der Waals surface area contributed by atoms with Crippen LogP contribution in [0.1, 0.15) is 49.8 Å². The summed E-state index contributed by atoms with van der Waals surface area (Å²) in [6.45, 7) is 7.59. The molecular formula is C19H24N4O2. The summed E-state index contributed by atoms with van der Waals surface area (Å²) in [6.07, 6.45) is 1.49. The Bertz CT molecular complexity index is 739. The summed E-state index contributed by atoms with van der Waals surface area (Å²) in [5, 5.41) is 8.43. The van der Waals surface area contributed by atoms with Gasteiger partial charge >= 0.3 is 6.03 Å². The van der Waals surface area contributed by atoms with Crippen LogP contribution in [-0.4, -0.2) is 22.5 Å². The zero-order valence-corrected chi connectivity index (χ0v) is 15.0. The van der Waals surface area contributed by atoms with E-state index in [2.05, 4.69) is 20.9 Å². The Morgan fingerprint density at radius 3 is 2.40 bits per heavy atom. The molecule has 6 nitrogen and oxygen atoms in total. The van der Waals surface area contributed by atoms with Crippen molar-refractivity contribution in [2.45, 2.75) is 39.3 Å². The second-order valence-electron chi connectivity index (χ2n) is 6.86. The maximum atomic E-state index is 12.2. The van der Waals surface area contributed by atoms with E-state index in [0.717, 1.165) is 5.56 Å². The zero-order chi connectivity index (χ0) is 18.4. The van der Waals surface area contributed by atoms with Crippen LogP contribution in [0.3, 0.4) is 0 Å². The van der Waals surface area contributed by atoms with Crippen LogP contribution in [-0.2, 0) is 0 Å². The van der Waals surface area contributed by atoms with Crippen molar-refractivity contribution in [1.29, 1.82) is 0 Å². The first-order valence-electron chi connectivity index (χ1n) is 8.15. The third-order valence-corrected chi connectivity index (χ3v) is 3.39. The molecule has 1 heterocycles. The molecule has 1 aromatic carbocycles. The Labute approximate surface area is 148 Å². The van der Waals surface area contributed by atoms with Gasteiger partial charge in [0.15, 0.2) is 0 Å². The fourth-order valence-corrected chi connectivity index (χ4v) is 2.23. The summed E-state index contributed by atoms with van der Waals surface area (Å²) in [6, 6.07) is 12.4. The number of carbonyl (C=O) groups is 2. The molecule has 2 rings (SSSR count). The van der Waals surface area contributed by atoms with Gasteiger partial charge in [-0.15, -0.1) is 0 Å². The largest absolute Gasteiger partial charge is 0.346 e. The van der Waals surface area contributed by atoms with Crippen LogP contribution in [0.2, 0.25) is 0 Å². The number of anilines is 1. The van der Waals surface area contributed by atoms with E-state index in [-0.39, 0.29) is 29.2 Å². The van der Waals surface area contributed by atoms with Crippen LogP contribution in [0.5, 0.6) is 0 Å². The molecule has 0 spiro atoms. The lowest BCUT2D eigenvalue weighted by atomic mass is 10.1. The molecule has 6 heteroatoms. The number of rotatable bonds is 4. The molecule has 132 valence electrons. The minimum Gasteiger partial charge on any atom is -0.346 e. The SMILES string of the molecule is CC(NC(=O)Nc1ccnc(C(=O)NC(C)(C)C)c1)c1ccccc1. The van der Waals surface area contributed by atoms with Gasteiger partial charge in [-0.05, 0) is 45.4 Å². The molecule has 0 aliphatic rings. The van der Waals surface area contributed by atoms with Gasteiger partial charge in [0.2, 0.25) is 0 Å². The molecule has 1 atom stereocenters. The summed E-state index contributed by atoms with van der Waals surface area (Å²) in [5.41, 5.74) is 1.42. The molecule has 25 heavy (non-hydrogen) atoms. The highest BCUT2D eigenvalue weighted by molar-refractivity contribution is 5.95. The van der Waals surface area contributed by atoms with Crippen molar-refractivity contribution in [3.05, 3.63) is 59.9 Å². The molecule has 0 saturated carbocycles. The molecule has 2 aromatic rings. The van der Waals surface area contributed by atoms with E-state index in [1.165, 1.54) is 6.20 Å². The monoisotopic (exact) mass is 340 g/mol. The predicted octanol–water partition coefficient (Wildman–Crippen LogP) is 3.49. The first kappa shape index (κ1) is 18.4. The Morgan fingerprint density at radius 1 is 1.08 bits per heavy atom. The molecular weight excluding hydrogens is 316 g/mol. The van der Waals surface area contributed by atoms with Crippen molar-refractivity contribution in [3.8, 4) is 0 Å². The zero-order valence-electron chi connectivity index (χ0n) is 15.0. The lowest BCUT2D eigenvalue weighted by Crippen LogP contribution is -2.41. The lowest BCUT2D eigenvalue weighted by Gasteiger charge is -2.20. The summed E-state index contributed by atoms with van der Waals surface area (Å²) < 4.78 is 0. The first-order valence-corrected chi connectivity index (χ1v) is 8.15. The number of nitrogens with one attached hydrogen (secondary N) is 3. The van der Waals surface area contributed by atoms with Crippen molar-refractivity contribution < 1.29 is 9.59 Å². The number of amides is 3. The van der Waals surface area contributed by atoms with Gasteiger partial charge in [0.1, 0.15) is 5.69 Å². The summed E-state index contributed by atoms with van der Waals surface area (Å²) in [4.78, 5) is 28.4. The minimum absolute atomic E-state index is 0.133. The van der Waals surface area contributed by atoms with Crippen molar-refractivity contribution in [2.75, 3.05) is 5.32 Å². The van der Waals surface area contributed by atoms with Gasteiger partial charge in [0.05, 0.1) is 6.04 Å². The van der Waals surface area contributed by atoms with Gasteiger partial charge in [0, 0.05) is 17.4 Å². The standard InChI is InChI=1S/C19H24N4O2/c1-13(14-8-6-5-7-9-14)21-18(25)22-15-10-11-20-16(12-15)17(24)23-19(2,3)4/h5-13H,1-4H3,(H,23,24)(H2,20,21,22,25). The summed E-state index contributed by atoms with van der Waals surface area (Å²) in [7, 11) is 0. The Balaban J connectivity index is 1.99. The number of nitrogens with zero attached hydrogens (tertiary/aromatic N) is 1. The Morgan fingerprint density at radius 2 is 1.76 bits per heavy atom. The smallest absolute Gasteiger partial charge is 0.319 e. The highest BCUT2D eigenvalue weighted by Gasteiger charge is 2.17.